The van der Waals surface area contributed by atoms with Crippen LogP contribution in [0.25, 0.3) is 0 Å². The third-order valence-corrected chi connectivity index (χ3v) is 5.57. The first kappa shape index (κ1) is 19.6. The maximum atomic E-state index is 14.5. The van der Waals surface area contributed by atoms with Gasteiger partial charge in [0, 0.05) is 13.1 Å². The highest BCUT2D eigenvalue weighted by Crippen LogP contribution is 2.34. The number of hydrazine groups is 1. The molecule has 0 unspecified atom stereocenters. The number of anilines is 1. The van der Waals surface area contributed by atoms with E-state index in [1.54, 1.807) is 19.2 Å². The lowest BCUT2D eigenvalue weighted by Crippen LogP contribution is -2.36. The molecule has 2 aromatic rings. The zero-order valence-corrected chi connectivity index (χ0v) is 15.7. The molecule has 1 fully saturated rings. The lowest BCUT2D eigenvalue weighted by molar-refractivity contribution is -0.117. The van der Waals surface area contributed by atoms with Crippen molar-refractivity contribution in [2.24, 2.45) is 0 Å². The largest absolute Gasteiger partial charge is 0.506 e. The molecule has 0 atom stereocenters. The summed E-state index contributed by atoms with van der Waals surface area (Å²) in [5.74, 6) is -3.16. The van der Waals surface area contributed by atoms with E-state index in [-0.39, 0.29) is 6.54 Å². The summed E-state index contributed by atoms with van der Waals surface area (Å²) in [7, 11) is -2.28. The number of hydrogen-bond acceptors (Lipinski definition) is 6. The van der Waals surface area contributed by atoms with E-state index in [1.807, 2.05) is 28.5 Å². The van der Waals surface area contributed by atoms with Gasteiger partial charge in [0.2, 0.25) is 0 Å². The van der Waals surface area contributed by atoms with Gasteiger partial charge in [0.15, 0.2) is 17.3 Å². The molecule has 28 heavy (non-hydrogen) atoms. The molecule has 3 rings (SSSR count). The normalized spacial score (nSPS) is 15.5. The molecule has 0 saturated carbocycles. The van der Waals surface area contributed by atoms with Crippen molar-refractivity contribution in [2.75, 3.05) is 17.2 Å². The van der Waals surface area contributed by atoms with Gasteiger partial charge in [0.1, 0.15) is 5.75 Å². The van der Waals surface area contributed by atoms with Crippen LogP contribution in [0.1, 0.15) is 16.7 Å². The number of amides is 1. The van der Waals surface area contributed by atoms with Crippen LogP contribution in [-0.2, 0) is 27.9 Å². The van der Waals surface area contributed by atoms with Crippen molar-refractivity contribution >= 4 is 21.6 Å². The average molecular weight is 404 g/mol. The molecular weight excluding hydrogens is 387 g/mol. The van der Waals surface area contributed by atoms with Gasteiger partial charge in [-0.15, -0.1) is 0 Å². The smallest absolute Gasteiger partial charge is 0.262 e. The Bertz CT molecular complexity index is 1040. The summed E-state index contributed by atoms with van der Waals surface area (Å²) < 4.78 is 38.7. The number of hydrogen-bond donors (Lipinski definition) is 2. The number of nitrogens with one attached hydrogen (secondary N) is 1. The zero-order chi connectivity index (χ0) is 20.5. The number of nitrogens with zero attached hydrogens (tertiary/aromatic N) is 3. The minimum atomic E-state index is -4.08. The maximum Gasteiger partial charge on any atom is 0.262 e. The molecule has 1 aliphatic heterocycles. The Morgan fingerprint density at radius 3 is 2.43 bits per heavy atom. The number of nitriles is 1. The molecule has 0 bridgehead atoms. The molecule has 146 valence electrons. The van der Waals surface area contributed by atoms with E-state index in [0.717, 1.165) is 11.6 Å². The number of benzene rings is 2. The first-order valence-electron chi connectivity index (χ1n) is 8.21. The van der Waals surface area contributed by atoms with Gasteiger partial charge in [-0.05, 0) is 42.4 Å². The van der Waals surface area contributed by atoms with E-state index >= 15 is 0 Å². The average Bonchev–Trinajstić information content (AvgIpc) is 2.87. The molecule has 0 aliphatic carbocycles. The Morgan fingerprint density at radius 2 is 1.89 bits per heavy atom. The fraction of sp³-hybridized carbons (Fsp3) is 0.222. The number of halogens is 1. The molecule has 8 nitrogen and oxygen atoms in total. The maximum absolute atomic E-state index is 14.5. The number of sulfonamides is 1. The number of aromatic hydroxyl groups is 1. The van der Waals surface area contributed by atoms with E-state index in [0.29, 0.717) is 22.1 Å². The van der Waals surface area contributed by atoms with Gasteiger partial charge in [-0.2, -0.15) is 9.68 Å². The Labute approximate surface area is 161 Å². The Balaban J connectivity index is 1.77. The van der Waals surface area contributed by atoms with Crippen molar-refractivity contribution in [3.05, 3.63) is 58.9 Å². The molecule has 2 N–H and O–H groups in total. The van der Waals surface area contributed by atoms with E-state index in [1.165, 1.54) is 6.07 Å². The summed E-state index contributed by atoms with van der Waals surface area (Å²) in [6.07, 6.45) is 0. The van der Waals surface area contributed by atoms with Gasteiger partial charge in [-0.1, -0.05) is 12.1 Å². The molecule has 1 amide bonds. The minimum absolute atomic E-state index is 0.282. The van der Waals surface area contributed by atoms with Gasteiger partial charge in [-0.25, -0.2) is 12.8 Å². The highest BCUT2D eigenvalue weighted by atomic mass is 32.2. The first-order valence-corrected chi connectivity index (χ1v) is 9.82. The van der Waals surface area contributed by atoms with Gasteiger partial charge >= 0.3 is 0 Å². The molecule has 0 spiro atoms. The van der Waals surface area contributed by atoms with Crippen LogP contribution in [0.2, 0.25) is 0 Å². The number of phenolic OH excluding ortho intramolecular Hbond substituents is 1. The zero-order valence-electron chi connectivity index (χ0n) is 14.9. The molecule has 0 aromatic heterocycles. The third-order valence-electron chi connectivity index (χ3n) is 4.11. The van der Waals surface area contributed by atoms with Crippen LogP contribution in [0.4, 0.5) is 10.1 Å². The quantitative estimate of drug-likeness (QED) is 0.775. The van der Waals surface area contributed by atoms with Crippen LogP contribution in [0, 0.1) is 17.1 Å². The van der Waals surface area contributed by atoms with Gasteiger partial charge in [0.05, 0.1) is 11.6 Å². The summed E-state index contributed by atoms with van der Waals surface area (Å²) in [6, 6.07) is 11.5. The third kappa shape index (κ3) is 4.05. The Morgan fingerprint density at radius 1 is 1.25 bits per heavy atom. The molecule has 1 aliphatic rings. The topological polar surface area (TPSA) is 114 Å². The Hall–Kier alpha value is -3.16. The van der Waals surface area contributed by atoms with Crippen molar-refractivity contribution in [1.29, 1.82) is 5.26 Å². The molecule has 2 aromatic carbocycles. The second kappa shape index (κ2) is 7.46. The van der Waals surface area contributed by atoms with Crippen molar-refractivity contribution in [1.82, 2.24) is 10.3 Å². The highest BCUT2D eigenvalue weighted by molar-refractivity contribution is 7.93. The van der Waals surface area contributed by atoms with E-state index in [2.05, 4.69) is 0 Å². The summed E-state index contributed by atoms with van der Waals surface area (Å²) in [4.78, 5) is 13.2. The summed E-state index contributed by atoms with van der Waals surface area (Å²) in [6.45, 7) is 0.802. The van der Waals surface area contributed by atoms with E-state index in [4.69, 9.17) is 5.26 Å². The molecule has 1 heterocycles. The fourth-order valence-electron chi connectivity index (χ4n) is 2.94. The highest BCUT2D eigenvalue weighted by Gasteiger charge is 2.38. The number of carbonyl (C=O) groups excluding carboxylic acids is 1. The summed E-state index contributed by atoms with van der Waals surface area (Å²) in [5.41, 5.74) is 3.35. The van der Waals surface area contributed by atoms with Gasteiger partial charge < -0.3 is 5.11 Å². The molecule has 1 saturated heterocycles. The SMILES string of the molecule is CN(Cc1ccc(C#N)cc1)Cc1cc(O)c(N2NC(=O)CS2(=O)=O)c(F)c1. The second-order valence-corrected chi connectivity index (χ2v) is 8.30. The Kier molecular flexibility index (Phi) is 5.22. The van der Waals surface area contributed by atoms with Crippen molar-refractivity contribution in [2.45, 2.75) is 13.1 Å². The predicted molar refractivity (Wildman–Crippen MR) is 98.8 cm³/mol. The van der Waals surface area contributed by atoms with Crippen molar-refractivity contribution in [3.8, 4) is 11.8 Å². The number of rotatable bonds is 5. The lowest BCUT2D eigenvalue weighted by Gasteiger charge is -2.21. The number of carbonyl (C=O) groups is 1. The van der Waals surface area contributed by atoms with Crippen molar-refractivity contribution in [3.63, 3.8) is 0 Å². The predicted octanol–water partition coefficient (Wildman–Crippen LogP) is 1.22. The first-order chi connectivity index (χ1) is 13.2. The summed E-state index contributed by atoms with van der Waals surface area (Å²) >= 11 is 0. The summed E-state index contributed by atoms with van der Waals surface area (Å²) in [5, 5.41) is 19.0. The second-order valence-electron chi connectivity index (χ2n) is 6.48. The number of phenols is 1. The molecular formula is C18H17FN4O4S. The van der Waals surface area contributed by atoms with Crippen LogP contribution in [0.3, 0.4) is 0 Å². The van der Waals surface area contributed by atoms with Crippen molar-refractivity contribution < 1.29 is 22.7 Å². The van der Waals surface area contributed by atoms with Crippen LogP contribution in [0.15, 0.2) is 36.4 Å². The molecule has 10 heteroatoms. The lowest BCUT2D eigenvalue weighted by atomic mass is 10.1. The fourth-order valence-corrected chi connectivity index (χ4v) is 4.16. The van der Waals surface area contributed by atoms with Gasteiger partial charge in [0.25, 0.3) is 15.9 Å². The van der Waals surface area contributed by atoms with Gasteiger partial charge in [-0.3, -0.25) is 15.1 Å². The van der Waals surface area contributed by atoms with E-state index in [9.17, 15) is 22.7 Å². The standard InChI is InChI=1S/C18H17FN4O4S/c1-22(9-13-4-2-12(8-20)3-5-13)10-14-6-15(19)18(16(24)7-14)23-21-17(25)11-28(23,26)27/h2-7,24H,9-11H2,1H3,(H,21,25). The van der Waals surface area contributed by atoms with Crippen LogP contribution >= 0.6 is 0 Å². The van der Waals surface area contributed by atoms with E-state index < -0.39 is 38.9 Å². The minimum Gasteiger partial charge on any atom is -0.506 e. The van der Waals surface area contributed by atoms with Crippen LogP contribution in [-0.4, -0.2) is 37.1 Å². The molecule has 0 radical (unpaired) electrons. The van der Waals surface area contributed by atoms with Crippen LogP contribution in [0.5, 0.6) is 5.75 Å². The monoisotopic (exact) mass is 404 g/mol. The van der Waals surface area contributed by atoms with Crippen LogP contribution < -0.4 is 9.84 Å².